The van der Waals surface area contributed by atoms with Crippen LogP contribution in [0.1, 0.15) is 22.5 Å². The number of thiophene rings is 1. The van der Waals surface area contributed by atoms with Crippen LogP contribution in [0, 0.1) is 0 Å². The first kappa shape index (κ1) is 13.4. The smallest absolute Gasteiger partial charge is 0.261 e. The molecule has 19 heavy (non-hydrogen) atoms. The number of amides is 1. The van der Waals surface area contributed by atoms with Gasteiger partial charge in [0, 0.05) is 0 Å². The molecule has 2 saturated heterocycles. The molecule has 0 unspecified atom stereocenters. The normalized spacial score (nSPS) is 27.8. The standard InChI is InChI=1S/C13H17ClN2O2S/c14-12-4-3-11(19-12)13(17)15-9-7-18-8-10(9)16-5-1-2-6-16/h3-4,9-10H,1-2,5-8H2,(H,15,17)/t9-,10-/m0/s1. The number of hydrogen-bond donors (Lipinski definition) is 1. The average molecular weight is 301 g/mol. The van der Waals surface area contributed by atoms with Crippen molar-refractivity contribution in [2.24, 2.45) is 0 Å². The molecule has 3 rings (SSSR count). The molecule has 0 radical (unpaired) electrons. The van der Waals surface area contributed by atoms with E-state index in [1.165, 1.54) is 24.2 Å². The highest BCUT2D eigenvalue weighted by Crippen LogP contribution is 2.23. The molecule has 4 nitrogen and oxygen atoms in total. The number of nitrogens with one attached hydrogen (secondary N) is 1. The largest absolute Gasteiger partial charge is 0.378 e. The average Bonchev–Trinajstić information content (AvgIpc) is 3.07. The van der Waals surface area contributed by atoms with Gasteiger partial charge >= 0.3 is 0 Å². The molecule has 0 saturated carbocycles. The minimum atomic E-state index is -0.0448. The summed E-state index contributed by atoms with van der Waals surface area (Å²) in [4.78, 5) is 15.2. The molecule has 2 fully saturated rings. The molecule has 1 aromatic rings. The van der Waals surface area contributed by atoms with E-state index in [1.54, 1.807) is 12.1 Å². The van der Waals surface area contributed by atoms with Gasteiger partial charge in [-0.3, -0.25) is 9.69 Å². The third kappa shape index (κ3) is 2.94. The van der Waals surface area contributed by atoms with Crippen molar-refractivity contribution in [3.8, 4) is 0 Å². The van der Waals surface area contributed by atoms with Crippen molar-refractivity contribution in [2.75, 3.05) is 26.3 Å². The summed E-state index contributed by atoms with van der Waals surface area (Å²) in [5.41, 5.74) is 0. The van der Waals surface area contributed by atoms with Crippen LogP contribution in [0.3, 0.4) is 0 Å². The molecule has 0 aromatic carbocycles. The quantitative estimate of drug-likeness (QED) is 0.928. The monoisotopic (exact) mass is 300 g/mol. The molecule has 2 aliphatic heterocycles. The maximum atomic E-state index is 12.1. The third-order valence-electron chi connectivity index (χ3n) is 3.77. The molecule has 6 heteroatoms. The Morgan fingerprint density at radius 3 is 2.84 bits per heavy atom. The Morgan fingerprint density at radius 1 is 1.37 bits per heavy atom. The molecular weight excluding hydrogens is 284 g/mol. The van der Waals surface area contributed by atoms with Gasteiger partial charge in [-0.05, 0) is 38.1 Å². The maximum absolute atomic E-state index is 12.1. The van der Waals surface area contributed by atoms with Crippen LogP contribution in [0.5, 0.6) is 0 Å². The predicted molar refractivity (Wildman–Crippen MR) is 76.0 cm³/mol. The molecule has 2 atom stereocenters. The summed E-state index contributed by atoms with van der Waals surface area (Å²) >= 11 is 7.17. The fourth-order valence-corrected chi connectivity index (χ4v) is 3.74. The van der Waals surface area contributed by atoms with E-state index in [0.717, 1.165) is 19.7 Å². The van der Waals surface area contributed by atoms with E-state index in [1.807, 2.05) is 0 Å². The summed E-state index contributed by atoms with van der Waals surface area (Å²) < 4.78 is 6.19. The molecule has 3 heterocycles. The molecule has 0 spiro atoms. The number of halogens is 1. The van der Waals surface area contributed by atoms with E-state index in [-0.39, 0.29) is 11.9 Å². The molecule has 1 amide bonds. The van der Waals surface area contributed by atoms with Crippen LogP contribution in [0.4, 0.5) is 0 Å². The second kappa shape index (κ2) is 5.79. The van der Waals surface area contributed by atoms with E-state index in [4.69, 9.17) is 16.3 Å². The van der Waals surface area contributed by atoms with Gasteiger partial charge in [-0.1, -0.05) is 11.6 Å². The van der Waals surface area contributed by atoms with Gasteiger partial charge in [0.25, 0.3) is 5.91 Å². The van der Waals surface area contributed by atoms with E-state index in [2.05, 4.69) is 10.2 Å². The molecule has 1 aromatic heterocycles. The van der Waals surface area contributed by atoms with Crippen molar-refractivity contribution in [3.05, 3.63) is 21.3 Å². The minimum absolute atomic E-state index is 0.0448. The van der Waals surface area contributed by atoms with Crippen LogP contribution in [0.25, 0.3) is 0 Å². The van der Waals surface area contributed by atoms with E-state index in [9.17, 15) is 4.79 Å². The van der Waals surface area contributed by atoms with Crippen molar-refractivity contribution < 1.29 is 9.53 Å². The highest BCUT2D eigenvalue weighted by Gasteiger charge is 2.35. The fraction of sp³-hybridized carbons (Fsp3) is 0.615. The zero-order valence-corrected chi connectivity index (χ0v) is 12.2. The number of carbonyl (C=O) groups is 1. The van der Waals surface area contributed by atoms with Crippen LogP contribution in [-0.2, 0) is 4.74 Å². The Hall–Kier alpha value is -0.620. The summed E-state index contributed by atoms with van der Waals surface area (Å²) in [6.45, 7) is 3.55. The number of ether oxygens (including phenoxy) is 1. The first-order valence-corrected chi connectivity index (χ1v) is 7.81. The van der Waals surface area contributed by atoms with Crippen LogP contribution in [0.15, 0.2) is 12.1 Å². The molecule has 104 valence electrons. The van der Waals surface area contributed by atoms with Crippen LogP contribution >= 0.6 is 22.9 Å². The summed E-state index contributed by atoms with van der Waals surface area (Å²) in [7, 11) is 0. The van der Waals surface area contributed by atoms with Gasteiger partial charge in [0.15, 0.2) is 0 Å². The maximum Gasteiger partial charge on any atom is 0.261 e. The molecular formula is C13H17ClN2O2S. The number of nitrogens with zero attached hydrogens (tertiary/aromatic N) is 1. The zero-order chi connectivity index (χ0) is 13.2. The topological polar surface area (TPSA) is 41.6 Å². The van der Waals surface area contributed by atoms with Crippen molar-refractivity contribution in [2.45, 2.75) is 24.9 Å². The summed E-state index contributed by atoms with van der Waals surface area (Å²) in [6.07, 6.45) is 2.50. The van der Waals surface area contributed by atoms with Crippen LogP contribution in [0.2, 0.25) is 4.34 Å². The van der Waals surface area contributed by atoms with Crippen molar-refractivity contribution in [1.82, 2.24) is 10.2 Å². The van der Waals surface area contributed by atoms with Gasteiger partial charge < -0.3 is 10.1 Å². The lowest BCUT2D eigenvalue weighted by Crippen LogP contribution is -2.50. The SMILES string of the molecule is O=C(N[C@H]1COC[C@@H]1N1CCCC1)c1ccc(Cl)s1. The van der Waals surface area contributed by atoms with Crippen LogP contribution in [-0.4, -0.2) is 49.2 Å². The lowest BCUT2D eigenvalue weighted by molar-refractivity contribution is 0.0921. The van der Waals surface area contributed by atoms with Gasteiger partial charge in [-0.15, -0.1) is 11.3 Å². The Balaban J connectivity index is 1.63. The lowest BCUT2D eigenvalue weighted by atomic mass is 10.1. The lowest BCUT2D eigenvalue weighted by Gasteiger charge is -2.27. The van der Waals surface area contributed by atoms with Crippen molar-refractivity contribution >= 4 is 28.8 Å². The number of likely N-dealkylation sites (tertiary alicyclic amines) is 1. The molecule has 1 N–H and O–H groups in total. The van der Waals surface area contributed by atoms with Crippen molar-refractivity contribution in [1.29, 1.82) is 0 Å². The predicted octanol–water partition coefficient (Wildman–Crippen LogP) is 1.99. The summed E-state index contributed by atoms with van der Waals surface area (Å²) in [6, 6.07) is 3.93. The van der Waals surface area contributed by atoms with Gasteiger partial charge in [0.05, 0.1) is 34.5 Å². The van der Waals surface area contributed by atoms with E-state index >= 15 is 0 Å². The number of rotatable bonds is 3. The van der Waals surface area contributed by atoms with Gasteiger partial charge in [0.1, 0.15) is 0 Å². The second-order valence-electron chi connectivity index (χ2n) is 5.03. The van der Waals surface area contributed by atoms with Crippen molar-refractivity contribution in [3.63, 3.8) is 0 Å². The second-order valence-corrected chi connectivity index (χ2v) is 6.75. The van der Waals surface area contributed by atoms with E-state index < -0.39 is 0 Å². The highest BCUT2D eigenvalue weighted by molar-refractivity contribution is 7.17. The van der Waals surface area contributed by atoms with Gasteiger partial charge in [-0.2, -0.15) is 0 Å². The first-order valence-electron chi connectivity index (χ1n) is 6.62. The zero-order valence-electron chi connectivity index (χ0n) is 10.6. The third-order valence-corrected chi connectivity index (χ3v) is 5.00. The van der Waals surface area contributed by atoms with Gasteiger partial charge in [-0.25, -0.2) is 0 Å². The minimum Gasteiger partial charge on any atom is -0.378 e. The molecule has 2 aliphatic rings. The number of hydrogen-bond acceptors (Lipinski definition) is 4. The Kier molecular flexibility index (Phi) is 4.07. The first-order chi connectivity index (χ1) is 9.24. The number of carbonyl (C=O) groups excluding carboxylic acids is 1. The van der Waals surface area contributed by atoms with E-state index in [0.29, 0.717) is 21.9 Å². The Morgan fingerprint density at radius 2 is 2.16 bits per heavy atom. The van der Waals surface area contributed by atoms with Gasteiger partial charge in [0.2, 0.25) is 0 Å². The van der Waals surface area contributed by atoms with Crippen LogP contribution < -0.4 is 5.32 Å². The summed E-state index contributed by atoms with van der Waals surface area (Å²) in [5.74, 6) is -0.0448. The Bertz CT molecular complexity index is 459. The molecule has 0 aliphatic carbocycles. The highest BCUT2D eigenvalue weighted by atomic mass is 35.5. The Labute approximate surface area is 121 Å². The summed E-state index contributed by atoms with van der Waals surface area (Å²) in [5, 5.41) is 3.08. The fourth-order valence-electron chi connectivity index (χ4n) is 2.79. The molecule has 0 bridgehead atoms.